The molecule has 8 nitrogen and oxygen atoms in total. The highest BCUT2D eigenvalue weighted by molar-refractivity contribution is 6.21. The first kappa shape index (κ1) is 27.3. The van der Waals surface area contributed by atoms with E-state index in [9.17, 15) is 24.2 Å². The topological polar surface area (TPSA) is 117 Å². The molecule has 0 aromatic heterocycles. The summed E-state index contributed by atoms with van der Waals surface area (Å²) in [7, 11) is 0. The lowest BCUT2D eigenvalue weighted by Crippen LogP contribution is -2.70. The molecule has 0 aliphatic heterocycles. The average Bonchev–Trinajstić information content (AvgIpc) is 2.82. The van der Waals surface area contributed by atoms with Crippen molar-refractivity contribution in [2.75, 3.05) is 13.2 Å². The van der Waals surface area contributed by atoms with E-state index in [0.717, 1.165) is 0 Å². The minimum absolute atomic E-state index is 0.104. The normalized spacial score (nSPS) is 43.5. The quantitative estimate of drug-likeness (QED) is 0.351. The van der Waals surface area contributed by atoms with Crippen molar-refractivity contribution in [1.82, 2.24) is 10.6 Å². The van der Waals surface area contributed by atoms with Gasteiger partial charge in [0.15, 0.2) is 0 Å². The third-order valence-corrected chi connectivity index (χ3v) is 9.35. The van der Waals surface area contributed by atoms with Crippen LogP contribution in [0.15, 0.2) is 0 Å². The Hall–Kier alpha value is -0.710. The zero-order chi connectivity index (χ0) is 25.2. The Bertz CT molecular complexity index is 768. The molecule has 5 aliphatic rings. The number of aliphatic hydroxyl groups excluding tert-OH is 2. The minimum atomic E-state index is -1.13. The van der Waals surface area contributed by atoms with Gasteiger partial charge in [0, 0.05) is 18.4 Å². The summed E-state index contributed by atoms with van der Waals surface area (Å²) in [5.74, 6) is -0.572. The Morgan fingerprint density at radius 3 is 2.00 bits per heavy atom. The van der Waals surface area contributed by atoms with Crippen molar-refractivity contribution in [3.05, 3.63) is 0 Å². The van der Waals surface area contributed by atoms with Crippen LogP contribution in [0.5, 0.6) is 0 Å². The van der Waals surface area contributed by atoms with Crippen LogP contribution in [-0.2, 0) is 19.1 Å². The molecule has 4 N–H and O–H groups in total. The van der Waals surface area contributed by atoms with Gasteiger partial charge in [-0.25, -0.2) is 4.39 Å². The van der Waals surface area contributed by atoms with E-state index in [1.54, 1.807) is 0 Å². The molecule has 5 saturated carbocycles. The molecule has 2 bridgehead atoms. The standard InChI is InChI=1S/C24H37Cl2FN2O6/c25-16-3-1-14(9-18(16)27)34-13-22(33)29-24-7-5-23(6-8-24,11-20(24)31)28-21(32)12-35-15-2-4-17(26)19(30)10-15/h14-20,30-31H,1-13H2,(H,28,32)(H,29,33)/t14?,15?,16?,17?,18?,19?,20-,23?,24?/m0/s1. The molecule has 6 unspecified atom stereocenters. The third kappa shape index (κ3) is 6.60. The van der Waals surface area contributed by atoms with Gasteiger partial charge in [-0.3, -0.25) is 9.59 Å². The SMILES string of the molecule is O=C(COC1CCC(Cl)C(O)C1)NC12CCC(NC(=O)COC3CCC(Cl)C(F)C3)(CC1)[C@@H](O)C2. The van der Waals surface area contributed by atoms with E-state index >= 15 is 0 Å². The van der Waals surface area contributed by atoms with Crippen molar-refractivity contribution in [2.24, 2.45) is 0 Å². The molecule has 0 radical (unpaired) electrons. The number of carbonyl (C=O) groups excluding carboxylic acids is 2. The summed E-state index contributed by atoms with van der Waals surface area (Å²) >= 11 is 11.9. The maximum atomic E-state index is 13.8. The van der Waals surface area contributed by atoms with E-state index in [1.807, 2.05) is 0 Å². The summed E-state index contributed by atoms with van der Waals surface area (Å²) in [5.41, 5.74) is -1.26. The number of amides is 2. The van der Waals surface area contributed by atoms with Gasteiger partial charge in [-0.2, -0.15) is 0 Å². The fourth-order valence-corrected chi connectivity index (χ4v) is 6.57. The number of fused-ring (bicyclic) bond motifs is 3. The maximum Gasteiger partial charge on any atom is 0.246 e. The first-order valence-electron chi connectivity index (χ1n) is 12.7. The Kier molecular flexibility index (Phi) is 8.87. The van der Waals surface area contributed by atoms with Gasteiger partial charge < -0.3 is 30.3 Å². The zero-order valence-corrected chi connectivity index (χ0v) is 21.4. The lowest BCUT2D eigenvalue weighted by atomic mass is 9.60. The fraction of sp³-hybridized carbons (Fsp3) is 0.917. The van der Waals surface area contributed by atoms with E-state index in [0.29, 0.717) is 64.2 Å². The first-order chi connectivity index (χ1) is 16.6. The monoisotopic (exact) mass is 538 g/mol. The van der Waals surface area contributed by atoms with E-state index in [2.05, 4.69) is 10.6 Å². The lowest BCUT2D eigenvalue weighted by Gasteiger charge is -2.56. The fourth-order valence-electron chi connectivity index (χ4n) is 6.11. The van der Waals surface area contributed by atoms with Gasteiger partial charge in [0.1, 0.15) is 19.4 Å². The molecular weight excluding hydrogens is 502 g/mol. The lowest BCUT2D eigenvalue weighted by molar-refractivity contribution is -0.142. The number of hydrogen-bond donors (Lipinski definition) is 4. The van der Waals surface area contributed by atoms with Gasteiger partial charge in [-0.1, -0.05) is 0 Å². The summed E-state index contributed by atoms with van der Waals surface area (Å²) < 4.78 is 25.1. The summed E-state index contributed by atoms with van der Waals surface area (Å²) in [6.45, 7) is -0.287. The Morgan fingerprint density at radius 2 is 1.43 bits per heavy atom. The average molecular weight is 539 g/mol. The highest BCUT2D eigenvalue weighted by Gasteiger charge is 2.55. The van der Waals surface area contributed by atoms with Gasteiger partial charge >= 0.3 is 0 Å². The van der Waals surface area contributed by atoms with Crippen LogP contribution in [0.3, 0.4) is 0 Å². The second-order valence-corrected chi connectivity index (χ2v) is 12.0. The van der Waals surface area contributed by atoms with Crippen LogP contribution >= 0.6 is 23.2 Å². The first-order valence-corrected chi connectivity index (χ1v) is 13.6. The summed E-state index contributed by atoms with van der Waals surface area (Å²) in [4.78, 5) is 25.2. The zero-order valence-electron chi connectivity index (χ0n) is 19.9. The van der Waals surface area contributed by atoms with Crippen LogP contribution in [0.1, 0.15) is 70.6 Å². The molecule has 0 aromatic carbocycles. The van der Waals surface area contributed by atoms with Crippen LogP contribution < -0.4 is 10.6 Å². The molecule has 200 valence electrons. The number of aliphatic hydroxyl groups is 2. The second-order valence-electron chi connectivity index (χ2n) is 10.9. The molecule has 11 heteroatoms. The number of nitrogens with one attached hydrogen (secondary N) is 2. The molecule has 5 rings (SSSR count). The summed E-state index contributed by atoms with van der Waals surface area (Å²) in [6.07, 6.45) is 2.71. The molecule has 5 fully saturated rings. The Balaban J connectivity index is 1.20. The third-order valence-electron chi connectivity index (χ3n) is 8.35. The molecular formula is C24H37Cl2FN2O6. The number of halogens is 3. The number of ether oxygens (including phenoxy) is 2. The van der Waals surface area contributed by atoms with Crippen LogP contribution in [0.4, 0.5) is 4.39 Å². The largest absolute Gasteiger partial charge is 0.391 e. The molecule has 0 saturated heterocycles. The number of alkyl halides is 3. The van der Waals surface area contributed by atoms with Gasteiger partial charge in [-0.15, -0.1) is 23.2 Å². The molecule has 5 aliphatic carbocycles. The van der Waals surface area contributed by atoms with Crippen LogP contribution in [-0.4, -0.2) is 87.7 Å². The van der Waals surface area contributed by atoms with Gasteiger partial charge in [0.25, 0.3) is 0 Å². The predicted octanol–water partition coefficient (Wildman–Crippen LogP) is 2.09. The highest BCUT2D eigenvalue weighted by atomic mass is 35.5. The predicted molar refractivity (Wildman–Crippen MR) is 128 cm³/mol. The van der Waals surface area contributed by atoms with Crippen LogP contribution in [0.2, 0.25) is 0 Å². The van der Waals surface area contributed by atoms with E-state index in [1.165, 1.54) is 0 Å². The summed E-state index contributed by atoms with van der Waals surface area (Å²) in [5, 5.41) is 26.1. The van der Waals surface area contributed by atoms with E-state index < -0.39 is 34.8 Å². The summed E-state index contributed by atoms with van der Waals surface area (Å²) in [6, 6.07) is 0. The van der Waals surface area contributed by atoms with Crippen molar-refractivity contribution in [2.45, 2.75) is 123 Å². The van der Waals surface area contributed by atoms with Crippen molar-refractivity contribution < 1.29 is 33.7 Å². The van der Waals surface area contributed by atoms with Crippen molar-refractivity contribution >= 4 is 35.0 Å². The van der Waals surface area contributed by atoms with Crippen LogP contribution in [0.25, 0.3) is 0 Å². The van der Waals surface area contributed by atoms with Crippen molar-refractivity contribution in [1.29, 1.82) is 0 Å². The van der Waals surface area contributed by atoms with E-state index in [4.69, 9.17) is 32.7 Å². The molecule has 7 atom stereocenters. The number of rotatable bonds is 8. The van der Waals surface area contributed by atoms with Crippen LogP contribution in [0, 0.1) is 0 Å². The van der Waals surface area contributed by atoms with Gasteiger partial charge in [0.05, 0.1) is 40.7 Å². The molecule has 2 amide bonds. The molecule has 0 aromatic rings. The van der Waals surface area contributed by atoms with Crippen molar-refractivity contribution in [3.8, 4) is 0 Å². The smallest absolute Gasteiger partial charge is 0.246 e. The Morgan fingerprint density at radius 1 is 0.857 bits per heavy atom. The van der Waals surface area contributed by atoms with Gasteiger partial charge in [-0.05, 0) is 57.8 Å². The minimum Gasteiger partial charge on any atom is -0.391 e. The molecule has 0 heterocycles. The molecule has 35 heavy (non-hydrogen) atoms. The highest BCUT2D eigenvalue weighted by Crippen LogP contribution is 2.47. The van der Waals surface area contributed by atoms with E-state index in [-0.39, 0.29) is 49.0 Å². The number of hydrogen-bond acceptors (Lipinski definition) is 6. The van der Waals surface area contributed by atoms with Crippen molar-refractivity contribution in [3.63, 3.8) is 0 Å². The Labute approximate surface area is 215 Å². The molecule has 0 spiro atoms. The number of carbonyl (C=O) groups is 2. The maximum absolute atomic E-state index is 13.8. The second kappa shape index (κ2) is 11.4. The van der Waals surface area contributed by atoms with Gasteiger partial charge in [0.2, 0.25) is 11.8 Å².